The lowest BCUT2D eigenvalue weighted by Crippen LogP contribution is -2.07. The van der Waals surface area contributed by atoms with E-state index in [0.29, 0.717) is 22.3 Å². The molecule has 0 aliphatic rings. The van der Waals surface area contributed by atoms with Crippen LogP contribution < -0.4 is 0 Å². The number of hydrogen-bond donors (Lipinski definition) is 0. The molecule has 0 aliphatic carbocycles. The van der Waals surface area contributed by atoms with Crippen molar-refractivity contribution >= 4 is 11.6 Å². The van der Waals surface area contributed by atoms with Crippen LogP contribution in [0.4, 0.5) is 0 Å². The van der Waals surface area contributed by atoms with Gasteiger partial charge in [-0.3, -0.25) is 9.59 Å². The van der Waals surface area contributed by atoms with Crippen molar-refractivity contribution in [1.29, 1.82) is 0 Å². The lowest BCUT2D eigenvalue weighted by Gasteiger charge is -2.07. The zero-order chi connectivity index (χ0) is 16.8. The van der Waals surface area contributed by atoms with Crippen LogP contribution in [-0.2, 0) is 0 Å². The Kier molecular flexibility index (Phi) is 5.42. The standard InChI is InChI=1S/C21H20O2/c1-4-9-16(5-2)20(22)18-12-15(3)13-19(14-18)21(23)17-10-7-6-8-11-17/h4-14H,1-3H3/b9-4-,16-5+. The largest absolute Gasteiger partial charge is 0.289 e. The summed E-state index contributed by atoms with van der Waals surface area (Å²) in [5, 5.41) is 0. The smallest absolute Gasteiger partial charge is 0.193 e. The molecule has 0 fully saturated rings. The summed E-state index contributed by atoms with van der Waals surface area (Å²) in [6.07, 6.45) is 5.39. The predicted molar refractivity (Wildman–Crippen MR) is 94.0 cm³/mol. The summed E-state index contributed by atoms with van der Waals surface area (Å²) in [5.74, 6) is -0.146. The van der Waals surface area contributed by atoms with E-state index in [1.54, 1.807) is 30.4 Å². The molecule has 0 aromatic heterocycles. The molecular weight excluding hydrogens is 284 g/mol. The molecule has 2 heteroatoms. The number of rotatable bonds is 5. The summed E-state index contributed by atoms with van der Waals surface area (Å²) in [6.45, 7) is 5.60. The normalized spacial score (nSPS) is 11.7. The Labute approximate surface area is 137 Å². The maximum Gasteiger partial charge on any atom is 0.193 e. The summed E-state index contributed by atoms with van der Waals surface area (Å²) >= 11 is 0. The quantitative estimate of drug-likeness (QED) is 0.446. The summed E-state index contributed by atoms with van der Waals surface area (Å²) in [6, 6.07) is 14.4. The van der Waals surface area contributed by atoms with Crippen LogP contribution in [0.5, 0.6) is 0 Å². The van der Waals surface area contributed by atoms with Crippen molar-refractivity contribution < 1.29 is 9.59 Å². The van der Waals surface area contributed by atoms with E-state index in [-0.39, 0.29) is 11.6 Å². The molecule has 0 bridgehead atoms. The molecule has 2 aromatic rings. The molecule has 2 nitrogen and oxygen atoms in total. The van der Waals surface area contributed by atoms with Crippen molar-refractivity contribution in [3.05, 3.63) is 94.6 Å². The molecule has 0 spiro atoms. The van der Waals surface area contributed by atoms with Crippen LogP contribution in [0.25, 0.3) is 0 Å². The van der Waals surface area contributed by atoms with E-state index in [1.165, 1.54) is 0 Å². The molecule has 2 rings (SSSR count). The summed E-state index contributed by atoms with van der Waals surface area (Å²) in [7, 11) is 0. The van der Waals surface area contributed by atoms with Crippen LogP contribution in [0.2, 0.25) is 0 Å². The number of aryl methyl sites for hydroxylation is 1. The van der Waals surface area contributed by atoms with Crippen molar-refractivity contribution in [2.45, 2.75) is 20.8 Å². The number of allylic oxidation sites excluding steroid dienone is 4. The van der Waals surface area contributed by atoms with Crippen molar-refractivity contribution in [3.8, 4) is 0 Å². The van der Waals surface area contributed by atoms with Crippen LogP contribution in [0, 0.1) is 6.92 Å². The fourth-order valence-corrected chi connectivity index (χ4v) is 2.45. The topological polar surface area (TPSA) is 34.1 Å². The first-order valence-corrected chi connectivity index (χ1v) is 7.62. The number of carbonyl (C=O) groups excluding carboxylic acids is 2. The van der Waals surface area contributed by atoms with Crippen LogP contribution in [0.15, 0.2) is 72.3 Å². The van der Waals surface area contributed by atoms with Crippen molar-refractivity contribution in [1.82, 2.24) is 0 Å². The molecule has 0 aliphatic heterocycles. The maximum absolute atomic E-state index is 12.6. The zero-order valence-corrected chi connectivity index (χ0v) is 13.7. The van der Waals surface area contributed by atoms with Crippen LogP contribution in [-0.4, -0.2) is 11.6 Å². The summed E-state index contributed by atoms with van der Waals surface area (Å²) < 4.78 is 0. The van der Waals surface area contributed by atoms with Gasteiger partial charge in [-0.25, -0.2) is 0 Å². The third kappa shape index (κ3) is 3.92. The van der Waals surface area contributed by atoms with Gasteiger partial charge in [-0.15, -0.1) is 0 Å². The van der Waals surface area contributed by atoms with Gasteiger partial charge in [0.1, 0.15) is 0 Å². The highest BCUT2D eigenvalue weighted by atomic mass is 16.1. The Hall–Kier alpha value is -2.74. The minimum Gasteiger partial charge on any atom is -0.289 e. The molecule has 23 heavy (non-hydrogen) atoms. The number of benzene rings is 2. The van der Waals surface area contributed by atoms with Gasteiger partial charge in [0, 0.05) is 22.3 Å². The van der Waals surface area contributed by atoms with E-state index >= 15 is 0 Å². The van der Waals surface area contributed by atoms with Crippen LogP contribution >= 0.6 is 0 Å². The van der Waals surface area contributed by atoms with Gasteiger partial charge < -0.3 is 0 Å². The molecule has 0 saturated carbocycles. The number of hydrogen-bond acceptors (Lipinski definition) is 2. The van der Waals surface area contributed by atoms with Gasteiger partial charge in [0.05, 0.1) is 0 Å². The first kappa shape index (κ1) is 16.6. The van der Waals surface area contributed by atoms with E-state index in [2.05, 4.69) is 0 Å². The van der Waals surface area contributed by atoms with Gasteiger partial charge in [0.15, 0.2) is 11.6 Å². The average Bonchev–Trinajstić information content (AvgIpc) is 2.58. The lowest BCUT2D eigenvalue weighted by atomic mass is 9.95. The minimum absolute atomic E-state index is 0.0728. The average molecular weight is 304 g/mol. The summed E-state index contributed by atoms with van der Waals surface area (Å²) in [5.41, 5.74) is 3.21. The molecule has 116 valence electrons. The SMILES string of the molecule is C/C=C\C(=C/C)C(=O)c1cc(C)cc(C(=O)c2ccccc2)c1. The third-order valence-electron chi connectivity index (χ3n) is 3.56. The zero-order valence-electron chi connectivity index (χ0n) is 13.7. The first-order valence-electron chi connectivity index (χ1n) is 7.62. The van der Waals surface area contributed by atoms with Crippen molar-refractivity contribution in [2.24, 2.45) is 0 Å². The minimum atomic E-state index is -0.0728. The van der Waals surface area contributed by atoms with Gasteiger partial charge >= 0.3 is 0 Å². The van der Waals surface area contributed by atoms with Gasteiger partial charge in [0.2, 0.25) is 0 Å². The molecule has 0 radical (unpaired) electrons. The van der Waals surface area contributed by atoms with Gasteiger partial charge in [-0.05, 0) is 44.5 Å². The third-order valence-corrected chi connectivity index (χ3v) is 3.56. The Morgan fingerprint density at radius 3 is 2.13 bits per heavy atom. The lowest BCUT2D eigenvalue weighted by molar-refractivity contribution is 0.103. The second-order valence-corrected chi connectivity index (χ2v) is 5.36. The van der Waals surface area contributed by atoms with E-state index in [4.69, 9.17) is 0 Å². The van der Waals surface area contributed by atoms with Crippen molar-refractivity contribution in [3.63, 3.8) is 0 Å². The number of ketones is 2. The maximum atomic E-state index is 12.6. The molecule has 0 unspecified atom stereocenters. The first-order chi connectivity index (χ1) is 11.1. The monoisotopic (exact) mass is 304 g/mol. The number of Topliss-reactive ketones (excluding diaryl/α,β-unsaturated/α-hetero) is 1. The molecule has 0 saturated heterocycles. The van der Waals surface area contributed by atoms with Gasteiger partial charge in [-0.1, -0.05) is 48.6 Å². The number of carbonyl (C=O) groups is 2. The highest BCUT2D eigenvalue weighted by Crippen LogP contribution is 2.18. The predicted octanol–water partition coefficient (Wildman–Crippen LogP) is 4.93. The summed E-state index contributed by atoms with van der Waals surface area (Å²) in [4.78, 5) is 25.2. The molecule has 2 aromatic carbocycles. The Bertz CT molecular complexity index is 781. The second kappa shape index (κ2) is 7.50. The Morgan fingerprint density at radius 2 is 1.52 bits per heavy atom. The second-order valence-electron chi connectivity index (χ2n) is 5.36. The fraction of sp³-hybridized carbons (Fsp3) is 0.143. The van der Waals surface area contributed by atoms with Gasteiger partial charge in [0.25, 0.3) is 0 Å². The molecule has 0 amide bonds. The Balaban J connectivity index is 2.44. The Morgan fingerprint density at radius 1 is 0.870 bits per heavy atom. The van der Waals surface area contributed by atoms with Crippen molar-refractivity contribution in [2.75, 3.05) is 0 Å². The highest BCUT2D eigenvalue weighted by molar-refractivity contribution is 6.14. The van der Waals surface area contributed by atoms with Crippen LogP contribution in [0.1, 0.15) is 45.7 Å². The van der Waals surface area contributed by atoms with Crippen LogP contribution in [0.3, 0.4) is 0 Å². The van der Waals surface area contributed by atoms with E-state index < -0.39 is 0 Å². The molecule has 0 heterocycles. The molecule has 0 atom stereocenters. The van der Waals surface area contributed by atoms with E-state index in [1.807, 2.05) is 57.2 Å². The molecule has 0 N–H and O–H groups in total. The van der Waals surface area contributed by atoms with E-state index in [0.717, 1.165) is 5.56 Å². The fourth-order valence-electron chi connectivity index (χ4n) is 2.45. The van der Waals surface area contributed by atoms with Gasteiger partial charge in [-0.2, -0.15) is 0 Å². The molecular formula is C21H20O2. The van der Waals surface area contributed by atoms with E-state index in [9.17, 15) is 9.59 Å². The highest BCUT2D eigenvalue weighted by Gasteiger charge is 2.15.